The predicted molar refractivity (Wildman–Crippen MR) is 87.7 cm³/mol. The van der Waals surface area contributed by atoms with Crippen LogP contribution in [0.3, 0.4) is 0 Å². The molecule has 0 aliphatic heterocycles. The second-order valence-electron chi connectivity index (χ2n) is 5.06. The summed E-state index contributed by atoms with van der Waals surface area (Å²) >= 11 is 7.67. The number of fused-ring (bicyclic) bond motifs is 1. The van der Waals surface area contributed by atoms with Crippen molar-refractivity contribution in [2.24, 2.45) is 5.73 Å². The van der Waals surface area contributed by atoms with E-state index in [-0.39, 0.29) is 0 Å². The third kappa shape index (κ3) is 2.26. The van der Waals surface area contributed by atoms with Crippen LogP contribution in [0.4, 0.5) is 0 Å². The fourth-order valence-corrected chi connectivity index (χ4v) is 3.70. The van der Waals surface area contributed by atoms with Crippen LogP contribution < -0.4 is 5.73 Å². The fraction of sp³-hybridized carbons (Fsp3) is 0.250. The van der Waals surface area contributed by atoms with Crippen molar-refractivity contribution in [3.8, 4) is 0 Å². The molecule has 0 spiro atoms. The summed E-state index contributed by atoms with van der Waals surface area (Å²) in [5.74, 6) is 0. The van der Waals surface area contributed by atoms with Crippen LogP contribution in [-0.4, -0.2) is 4.57 Å². The van der Waals surface area contributed by atoms with Crippen LogP contribution in [0.5, 0.6) is 0 Å². The van der Waals surface area contributed by atoms with Gasteiger partial charge < -0.3 is 10.3 Å². The average Bonchev–Trinajstić information content (AvgIpc) is 2.96. The number of rotatable bonds is 3. The van der Waals surface area contributed by atoms with Crippen LogP contribution >= 0.6 is 22.9 Å². The Morgan fingerprint density at radius 1 is 1.20 bits per heavy atom. The molecule has 104 valence electrons. The summed E-state index contributed by atoms with van der Waals surface area (Å²) in [6, 6.07) is 10.5. The van der Waals surface area contributed by atoms with Gasteiger partial charge in [-0.25, -0.2) is 0 Å². The number of benzene rings is 1. The highest BCUT2D eigenvalue weighted by Gasteiger charge is 2.12. The first kappa shape index (κ1) is 13.7. The van der Waals surface area contributed by atoms with Crippen molar-refractivity contribution in [2.75, 3.05) is 0 Å². The monoisotopic (exact) mass is 304 g/mol. The largest absolute Gasteiger partial charge is 0.339 e. The van der Waals surface area contributed by atoms with Gasteiger partial charge in [0.25, 0.3) is 0 Å². The van der Waals surface area contributed by atoms with E-state index in [2.05, 4.69) is 42.7 Å². The van der Waals surface area contributed by atoms with Gasteiger partial charge in [0.15, 0.2) is 0 Å². The molecule has 0 amide bonds. The molecule has 3 rings (SSSR count). The maximum absolute atomic E-state index is 6.02. The lowest BCUT2D eigenvalue weighted by atomic mass is 10.1. The summed E-state index contributed by atoms with van der Waals surface area (Å²) in [4.78, 5) is 1.28. The van der Waals surface area contributed by atoms with Crippen molar-refractivity contribution in [1.82, 2.24) is 4.57 Å². The number of halogens is 1. The average molecular weight is 305 g/mol. The van der Waals surface area contributed by atoms with E-state index in [0.717, 1.165) is 10.9 Å². The first-order valence-electron chi connectivity index (χ1n) is 6.62. The SMILES string of the molecule is Cc1c(C)n(Cc2ccc(Cl)s2)c2ccc(CN)cc12. The molecule has 0 saturated heterocycles. The lowest BCUT2D eigenvalue weighted by molar-refractivity contribution is 0.813. The minimum Gasteiger partial charge on any atom is -0.339 e. The van der Waals surface area contributed by atoms with Gasteiger partial charge in [-0.3, -0.25) is 0 Å². The van der Waals surface area contributed by atoms with Crippen molar-refractivity contribution < 1.29 is 0 Å². The summed E-state index contributed by atoms with van der Waals surface area (Å²) < 4.78 is 3.20. The first-order valence-corrected chi connectivity index (χ1v) is 7.82. The predicted octanol–water partition coefficient (Wildman–Crippen LogP) is 4.48. The third-order valence-electron chi connectivity index (χ3n) is 3.88. The molecule has 20 heavy (non-hydrogen) atoms. The summed E-state index contributed by atoms with van der Waals surface area (Å²) in [5.41, 5.74) is 10.8. The Morgan fingerprint density at radius 2 is 2.00 bits per heavy atom. The molecular formula is C16H17ClN2S. The Kier molecular flexibility index (Phi) is 3.59. The first-order chi connectivity index (χ1) is 9.60. The molecule has 0 bridgehead atoms. The van der Waals surface area contributed by atoms with Crippen LogP contribution in [0.2, 0.25) is 4.34 Å². The smallest absolute Gasteiger partial charge is 0.0931 e. The maximum atomic E-state index is 6.02. The van der Waals surface area contributed by atoms with Crippen LogP contribution in [-0.2, 0) is 13.1 Å². The van der Waals surface area contributed by atoms with Crippen LogP contribution in [0, 0.1) is 13.8 Å². The van der Waals surface area contributed by atoms with Crippen molar-refractivity contribution >= 4 is 33.8 Å². The fourth-order valence-electron chi connectivity index (χ4n) is 2.62. The Bertz CT molecular complexity index is 770. The second kappa shape index (κ2) is 5.24. The minimum atomic E-state index is 0.583. The molecular weight excluding hydrogens is 288 g/mol. The van der Waals surface area contributed by atoms with Crippen LogP contribution in [0.15, 0.2) is 30.3 Å². The highest BCUT2D eigenvalue weighted by atomic mass is 35.5. The zero-order chi connectivity index (χ0) is 14.3. The summed E-state index contributed by atoms with van der Waals surface area (Å²) in [7, 11) is 0. The van der Waals surface area contributed by atoms with Gasteiger partial charge in [0.05, 0.1) is 10.9 Å². The molecule has 4 heteroatoms. The van der Waals surface area contributed by atoms with Gasteiger partial charge in [0, 0.05) is 28.0 Å². The molecule has 2 aromatic heterocycles. The van der Waals surface area contributed by atoms with Gasteiger partial charge in [-0.2, -0.15) is 0 Å². The van der Waals surface area contributed by atoms with Gasteiger partial charge in [-0.15, -0.1) is 11.3 Å². The summed E-state index contributed by atoms with van der Waals surface area (Å²) in [6.07, 6.45) is 0. The number of nitrogens with zero attached hydrogens (tertiary/aromatic N) is 1. The summed E-state index contributed by atoms with van der Waals surface area (Å²) in [5, 5.41) is 1.30. The molecule has 2 N–H and O–H groups in total. The molecule has 0 saturated carbocycles. The highest BCUT2D eigenvalue weighted by Crippen LogP contribution is 2.29. The van der Waals surface area contributed by atoms with Crippen molar-refractivity contribution in [3.63, 3.8) is 0 Å². The minimum absolute atomic E-state index is 0.583. The van der Waals surface area contributed by atoms with E-state index in [9.17, 15) is 0 Å². The van der Waals surface area contributed by atoms with Crippen LogP contribution in [0.25, 0.3) is 10.9 Å². The van der Waals surface area contributed by atoms with Crippen molar-refractivity contribution in [2.45, 2.75) is 26.9 Å². The van der Waals surface area contributed by atoms with Gasteiger partial charge in [0.1, 0.15) is 0 Å². The number of hydrogen-bond acceptors (Lipinski definition) is 2. The van der Waals surface area contributed by atoms with Crippen molar-refractivity contribution in [3.05, 3.63) is 56.4 Å². The second-order valence-corrected chi connectivity index (χ2v) is 6.86. The van der Waals surface area contributed by atoms with Gasteiger partial charge in [0.2, 0.25) is 0 Å². The number of hydrogen-bond donors (Lipinski definition) is 1. The maximum Gasteiger partial charge on any atom is 0.0931 e. The Morgan fingerprint density at radius 3 is 2.65 bits per heavy atom. The van der Waals surface area contributed by atoms with Gasteiger partial charge >= 0.3 is 0 Å². The molecule has 2 nitrogen and oxygen atoms in total. The highest BCUT2D eigenvalue weighted by molar-refractivity contribution is 7.16. The number of aryl methyl sites for hydroxylation is 1. The topological polar surface area (TPSA) is 30.9 Å². The zero-order valence-corrected chi connectivity index (χ0v) is 13.2. The number of aromatic nitrogens is 1. The van der Waals surface area contributed by atoms with E-state index in [1.165, 1.54) is 32.6 Å². The Balaban J connectivity index is 2.12. The molecule has 1 aromatic carbocycles. The molecule has 0 aliphatic carbocycles. The van der Waals surface area contributed by atoms with E-state index in [0.29, 0.717) is 6.54 Å². The molecule has 3 aromatic rings. The standard InChI is InChI=1S/C16H17ClN2S/c1-10-11(2)19(9-13-4-6-16(17)20-13)15-5-3-12(8-18)7-14(10)15/h3-7H,8-9,18H2,1-2H3. The lowest BCUT2D eigenvalue weighted by Gasteiger charge is -2.07. The van der Waals surface area contributed by atoms with Crippen molar-refractivity contribution in [1.29, 1.82) is 0 Å². The van der Waals surface area contributed by atoms with Gasteiger partial charge in [-0.1, -0.05) is 17.7 Å². The molecule has 0 radical (unpaired) electrons. The van der Waals surface area contributed by atoms with E-state index >= 15 is 0 Å². The third-order valence-corrected chi connectivity index (χ3v) is 5.10. The normalized spacial score (nSPS) is 11.4. The van der Waals surface area contributed by atoms with Crippen LogP contribution in [0.1, 0.15) is 21.7 Å². The van der Waals surface area contributed by atoms with E-state index in [1.807, 2.05) is 6.07 Å². The summed E-state index contributed by atoms with van der Waals surface area (Å²) in [6.45, 7) is 5.80. The Hall–Kier alpha value is -1.29. The number of thiophene rings is 1. The molecule has 0 fully saturated rings. The molecule has 0 atom stereocenters. The quantitative estimate of drug-likeness (QED) is 0.760. The van der Waals surface area contributed by atoms with E-state index < -0.39 is 0 Å². The molecule has 2 heterocycles. The van der Waals surface area contributed by atoms with E-state index in [4.69, 9.17) is 17.3 Å². The Labute approximate surface area is 127 Å². The molecule has 0 aliphatic rings. The molecule has 0 unspecified atom stereocenters. The van der Waals surface area contributed by atoms with E-state index in [1.54, 1.807) is 11.3 Å². The number of nitrogens with two attached hydrogens (primary N) is 1. The van der Waals surface area contributed by atoms with Gasteiger partial charge in [-0.05, 0) is 49.2 Å². The zero-order valence-electron chi connectivity index (χ0n) is 11.6. The lowest BCUT2D eigenvalue weighted by Crippen LogP contribution is -2.00.